The van der Waals surface area contributed by atoms with Crippen LogP contribution < -0.4 is 4.90 Å². The highest BCUT2D eigenvalue weighted by Crippen LogP contribution is 2.40. The number of aryl methyl sites for hydroxylation is 1. The number of aliphatic hydroxyl groups excluding tert-OH is 1. The number of aromatic nitrogens is 1. The Labute approximate surface area is 183 Å². The minimum Gasteiger partial charge on any atom is -0.394 e. The van der Waals surface area contributed by atoms with Crippen LogP contribution in [0.15, 0.2) is 35.4 Å². The van der Waals surface area contributed by atoms with Gasteiger partial charge in [-0.05, 0) is 44.2 Å². The first kappa shape index (κ1) is 21.2. The van der Waals surface area contributed by atoms with Crippen LogP contribution >= 0.6 is 11.8 Å². The predicted molar refractivity (Wildman–Crippen MR) is 120 cm³/mol. The van der Waals surface area contributed by atoms with E-state index in [2.05, 4.69) is 49.1 Å². The van der Waals surface area contributed by atoms with Gasteiger partial charge in [-0.2, -0.15) is 5.26 Å². The number of nitriles is 1. The van der Waals surface area contributed by atoms with Gasteiger partial charge < -0.3 is 14.7 Å². The van der Waals surface area contributed by atoms with E-state index >= 15 is 0 Å². The van der Waals surface area contributed by atoms with Gasteiger partial charge in [-0.15, -0.1) is 11.8 Å². The average Bonchev–Trinajstić information content (AvgIpc) is 3.22. The molecule has 1 atom stereocenters. The van der Waals surface area contributed by atoms with E-state index in [1.54, 1.807) is 11.8 Å². The molecule has 1 aromatic carbocycles. The maximum atomic E-state index is 10.0. The SMILES string of the molecule is CC1(C)Cc2c(C#N)c(SCCc3ccccc3)nc(N3CCCC3CO)c2CO1. The molecular weight excluding hydrogens is 394 g/mol. The summed E-state index contributed by atoms with van der Waals surface area (Å²) in [5, 5.41) is 20.7. The fourth-order valence-corrected chi connectivity index (χ4v) is 5.39. The Bertz CT molecular complexity index is 940. The lowest BCUT2D eigenvalue weighted by atomic mass is 9.89. The Morgan fingerprint density at radius 1 is 1.30 bits per heavy atom. The molecule has 1 N–H and O–H groups in total. The summed E-state index contributed by atoms with van der Waals surface area (Å²) in [4.78, 5) is 7.22. The van der Waals surface area contributed by atoms with Crippen molar-refractivity contribution in [3.63, 3.8) is 0 Å². The number of fused-ring (bicyclic) bond motifs is 1. The van der Waals surface area contributed by atoms with E-state index in [1.807, 2.05) is 6.07 Å². The van der Waals surface area contributed by atoms with Gasteiger partial charge in [-0.1, -0.05) is 30.3 Å². The summed E-state index contributed by atoms with van der Waals surface area (Å²) in [7, 11) is 0. The van der Waals surface area contributed by atoms with Gasteiger partial charge in [0, 0.05) is 24.3 Å². The van der Waals surface area contributed by atoms with Crippen LogP contribution in [0.3, 0.4) is 0 Å². The number of benzene rings is 1. The Balaban J connectivity index is 1.69. The zero-order chi connectivity index (χ0) is 21.1. The number of ether oxygens (including phenoxy) is 1. The van der Waals surface area contributed by atoms with Gasteiger partial charge in [-0.3, -0.25) is 0 Å². The fourth-order valence-electron chi connectivity index (χ4n) is 4.40. The van der Waals surface area contributed by atoms with Crippen molar-refractivity contribution in [2.24, 2.45) is 0 Å². The quantitative estimate of drug-likeness (QED) is 0.706. The zero-order valence-electron chi connectivity index (χ0n) is 17.7. The molecule has 1 saturated heterocycles. The molecule has 158 valence electrons. The monoisotopic (exact) mass is 423 g/mol. The summed E-state index contributed by atoms with van der Waals surface area (Å²) in [5.41, 5.74) is 3.78. The molecule has 0 spiro atoms. The molecule has 1 fully saturated rings. The molecule has 0 saturated carbocycles. The van der Waals surface area contributed by atoms with Crippen LogP contribution in [0, 0.1) is 11.3 Å². The van der Waals surface area contributed by atoms with Gasteiger partial charge in [0.1, 0.15) is 16.9 Å². The Kier molecular flexibility index (Phi) is 6.33. The summed E-state index contributed by atoms with van der Waals surface area (Å²) in [5.74, 6) is 1.77. The number of nitrogens with zero attached hydrogens (tertiary/aromatic N) is 3. The van der Waals surface area contributed by atoms with E-state index in [9.17, 15) is 10.4 Å². The molecule has 6 heteroatoms. The van der Waals surface area contributed by atoms with Gasteiger partial charge in [0.25, 0.3) is 0 Å². The van der Waals surface area contributed by atoms with Crippen LogP contribution in [-0.4, -0.2) is 40.6 Å². The van der Waals surface area contributed by atoms with Gasteiger partial charge >= 0.3 is 0 Å². The molecule has 4 rings (SSSR count). The van der Waals surface area contributed by atoms with Gasteiger partial charge in [-0.25, -0.2) is 4.98 Å². The molecule has 2 aliphatic rings. The normalized spacial score (nSPS) is 20.1. The third kappa shape index (κ3) is 4.34. The second-order valence-electron chi connectivity index (χ2n) is 8.67. The minimum absolute atomic E-state index is 0.0895. The Morgan fingerprint density at radius 3 is 2.83 bits per heavy atom. The highest BCUT2D eigenvalue weighted by molar-refractivity contribution is 7.99. The maximum Gasteiger partial charge on any atom is 0.136 e. The summed E-state index contributed by atoms with van der Waals surface area (Å²) in [6, 6.07) is 12.9. The molecule has 5 nitrogen and oxygen atoms in total. The van der Waals surface area contributed by atoms with Crippen molar-refractivity contribution in [2.45, 2.75) is 62.8 Å². The van der Waals surface area contributed by atoms with Gasteiger partial charge in [0.15, 0.2) is 0 Å². The van der Waals surface area contributed by atoms with E-state index in [0.29, 0.717) is 18.6 Å². The number of pyridine rings is 1. The Morgan fingerprint density at radius 2 is 2.10 bits per heavy atom. The summed E-state index contributed by atoms with van der Waals surface area (Å²) < 4.78 is 6.09. The number of anilines is 1. The number of aliphatic hydroxyl groups is 1. The number of hydrogen-bond donors (Lipinski definition) is 1. The van der Waals surface area contributed by atoms with E-state index in [-0.39, 0.29) is 18.2 Å². The van der Waals surface area contributed by atoms with Crippen molar-refractivity contribution in [3.05, 3.63) is 52.6 Å². The molecule has 1 unspecified atom stereocenters. The molecule has 0 aliphatic carbocycles. The molecule has 2 aliphatic heterocycles. The van der Waals surface area contributed by atoms with E-state index in [1.165, 1.54) is 5.56 Å². The molecule has 3 heterocycles. The van der Waals surface area contributed by atoms with Crippen LogP contribution in [0.25, 0.3) is 0 Å². The molecule has 1 aromatic heterocycles. The van der Waals surface area contributed by atoms with Crippen LogP contribution in [0.2, 0.25) is 0 Å². The smallest absolute Gasteiger partial charge is 0.136 e. The van der Waals surface area contributed by atoms with Crippen molar-refractivity contribution in [1.82, 2.24) is 4.98 Å². The standard InChI is InChI=1S/C24H29N3O2S/c1-24(2)13-19-20(14-25)23(30-12-10-17-7-4-3-5-8-17)26-22(21(19)16-29-24)27-11-6-9-18(27)15-28/h3-5,7-8,18,28H,6,9-13,15-16H2,1-2H3. The summed E-state index contributed by atoms with van der Waals surface area (Å²) >= 11 is 1.66. The van der Waals surface area contributed by atoms with Crippen molar-refractivity contribution in [3.8, 4) is 6.07 Å². The largest absolute Gasteiger partial charge is 0.394 e. The zero-order valence-corrected chi connectivity index (χ0v) is 18.5. The highest BCUT2D eigenvalue weighted by atomic mass is 32.2. The lowest BCUT2D eigenvalue weighted by Crippen LogP contribution is -2.37. The second kappa shape index (κ2) is 8.97. The topological polar surface area (TPSA) is 69.4 Å². The van der Waals surface area contributed by atoms with Crippen molar-refractivity contribution >= 4 is 17.6 Å². The van der Waals surface area contributed by atoms with E-state index in [0.717, 1.165) is 53.5 Å². The molecule has 30 heavy (non-hydrogen) atoms. The highest BCUT2D eigenvalue weighted by Gasteiger charge is 2.35. The summed E-state index contributed by atoms with van der Waals surface area (Å²) in [6.07, 6.45) is 3.65. The lowest BCUT2D eigenvalue weighted by molar-refractivity contribution is -0.0402. The lowest BCUT2D eigenvalue weighted by Gasteiger charge is -2.36. The van der Waals surface area contributed by atoms with Crippen molar-refractivity contribution in [2.75, 3.05) is 23.8 Å². The average molecular weight is 424 g/mol. The van der Waals surface area contributed by atoms with E-state index in [4.69, 9.17) is 9.72 Å². The van der Waals surface area contributed by atoms with E-state index < -0.39 is 0 Å². The Hall–Kier alpha value is -2.07. The first-order chi connectivity index (χ1) is 14.5. The minimum atomic E-state index is -0.301. The number of rotatable bonds is 6. The van der Waals surface area contributed by atoms with Crippen molar-refractivity contribution in [1.29, 1.82) is 5.26 Å². The third-order valence-corrected chi connectivity index (χ3v) is 6.99. The van der Waals surface area contributed by atoms with Crippen LogP contribution in [0.4, 0.5) is 5.82 Å². The maximum absolute atomic E-state index is 10.0. The number of thioether (sulfide) groups is 1. The third-order valence-electron chi connectivity index (χ3n) is 6.01. The molecular formula is C24H29N3O2S. The van der Waals surface area contributed by atoms with Gasteiger partial charge in [0.2, 0.25) is 0 Å². The fraction of sp³-hybridized carbons (Fsp3) is 0.500. The van der Waals surface area contributed by atoms with Crippen molar-refractivity contribution < 1.29 is 9.84 Å². The number of hydrogen-bond acceptors (Lipinski definition) is 6. The predicted octanol–water partition coefficient (Wildman–Crippen LogP) is 4.10. The van der Waals surface area contributed by atoms with Crippen LogP contribution in [0.1, 0.15) is 48.9 Å². The van der Waals surface area contributed by atoms with Crippen LogP contribution in [0.5, 0.6) is 0 Å². The first-order valence-corrected chi connectivity index (χ1v) is 11.6. The molecule has 0 radical (unpaired) electrons. The molecule has 0 amide bonds. The molecule has 2 aromatic rings. The first-order valence-electron chi connectivity index (χ1n) is 10.7. The van der Waals surface area contributed by atoms with Crippen LogP contribution in [-0.2, 0) is 24.2 Å². The summed E-state index contributed by atoms with van der Waals surface area (Å²) in [6.45, 7) is 5.62. The van der Waals surface area contributed by atoms with Gasteiger partial charge in [0.05, 0.1) is 30.4 Å². The molecule has 0 bridgehead atoms. The second-order valence-corrected chi connectivity index (χ2v) is 9.75.